The van der Waals surface area contributed by atoms with Crippen molar-refractivity contribution in [2.45, 2.75) is 33.2 Å². The summed E-state index contributed by atoms with van der Waals surface area (Å²) in [5.41, 5.74) is 4.21. The lowest BCUT2D eigenvalue weighted by atomic mass is 10.0. The minimum Gasteiger partial charge on any atom is -0.324 e. The lowest BCUT2D eigenvalue weighted by Crippen LogP contribution is -2.50. The summed E-state index contributed by atoms with van der Waals surface area (Å²) in [4.78, 5) is 18.1. The molecule has 0 bridgehead atoms. The minimum absolute atomic E-state index is 0.0545. The second kappa shape index (κ2) is 9.16. The molecule has 2 aromatic carbocycles. The van der Waals surface area contributed by atoms with E-state index in [1.165, 1.54) is 6.42 Å². The molecule has 1 saturated heterocycles. The number of benzene rings is 2. The standard InChI is InChI=1S/C23H31N3O/c1-4-12-25-13-15-26(16-14-25)22(20-8-6-5-7-9-20)23(27)24-21-17-18(2)10-11-19(21)3/h5-11,17,22H,4,12-16H2,1-3H3,(H,24,27). The van der Waals surface area contributed by atoms with Crippen LogP contribution >= 0.6 is 0 Å². The molecule has 3 rings (SSSR count). The Kier molecular flexibility index (Phi) is 6.64. The molecule has 1 unspecified atom stereocenters. The van der Waals surface area contributed by atoms with Crippen LogP contribution in [-0.2, 0) is 4.79 Å². The molecule has 2 aromatic rings. The van der Waals surface area contributed by atoms with Gasteiger partial charge >= 0.3 is 0 Å². The molecule has 1 aliphatic heterocycles. The van der Waals surface area contributed by atoms with Crippen molar-refractivity contribution < 1.29 is 4.79 Å². The quantitative estimate of drug-likeness (QED) is 0.840. The van der Waals surface area contributed by atoms with Crippen LogP contribution in [-0.4, -0.2) is 48.4 Å². The number of carbonyl (C=O) groups excluding carboxylic acids is 1. The second-order valence-corrected chi connectivity index (χ2v) is 7.50. The van der Waals surface area contributed by atoms with Gasteiger partial charge in [-0.25, -0.2) is 0 Å². The summed E-state index contributed by atoms with van der Waals surface area (Å²) >= 11 is 0. The maximum atomic E-state index is 13.3. The highest BCUT2D eigenvalue weighted by atomic mass is 16.2. The van der Waals surface area contributed by atoms with Crippen LogP contribution in [0.2, 0.25) is 0 Å². The van der Waals surface area contributed by atoms with Crippen LogP contribution in [0.15, 0.2) is 48.5 Å². The molecule has 4 nitrogen and oxygen atoms in total. The summed E-state index contributed by atoms with van der Waals surface area (Å²) in [6, 6.07) is 16.1. The van der Waals surface area contributed by atoms with Gasteiger partial charge in [-0.05, 0) is 49.6 Å². The average Bonchev–Trinajstić information content (AvgIpc) is 2.67. The van der Waals surface area contributed by atoms with E-state index < -0.39 is 0 Å². The van der Waals surface area contributed by atoms with Crippen LogP contribution in [0.1, 0.15) is 36.1 Å². The molecule has 0 spiro atoms. The van der Waals surface area contributed by atoms with E-state index in [9.17, 15) is 4.79 Å². The summed E-state index contributed by atoms with van der Waals surface area (Å²) in [6.07, 6.45) is 1.18. The van der Waals surface area contributed by atoms with Crippen LogP contribution in [0.5, 0.6) is 0 Å². The van der Waals surface area contributed by atoms with Crippen molar-refractivity contribution >= 4 is 11.6 Å². The number of amides is 1. The van der Waals surface area contributed by atoms with Crippen molar-refractivity contribution in [3.05, 3.63) is 65.2 Å². The van der Waals surface area contributed by atoms with Crippen molar-refractivity contribution in [2.75, 3.05) is 38.0 Å². The highest BCUT2D eigenvalue weighted by molar-refractivity contribution is 5.96. The number of piperazine rings is 1. The van der Waals surface area contributed by atoms with E-state index in [0.29, 0.717) is 0 Å². The third kappa shape index (κ3) is 4.96. The summed E-state index contributed by atoms with van der Waals surface area (Å²) in [7, 11) is 0. The van der Waals surface area contributed by atoms with E-state index in [4.69, 9.17) is 0 Å². The van der Waals surface area contributed by atoms with Gasteiger partial charge in [0, 0.05) is 31.9 Å². The first-order chi connectivity index (χ1) is 13.1. The van der Waals surface area contributed by atoms with Crippen molar-refractivity contribution in [3.8, 4) is 0 Å². The fourth-order valence-corrected chi connectivity index (χ4v) is 3.80. The molecule has 27 heavy (non-hydrogen) atoms. The van der Waals surface area contributed by atoms with Gasteiger partial charge in [0.2, 0.25) is 5.91 Å². The van der Waals surface area contributed by atoms with Crippen LogP contribution in [0.25, 0.3) is 0 Å². The van der Waals surface area contributed by atoms with Crippen LogP contribution < -0.4 is 5.32 Å². The van der Waals surface area contributed by atoms with E-state index in [2.05, 4.69) is 59.3 Å². The number of hydrogen-bond acceptors (Lipinski definition) is 3. The van der Waals surface area contributed by atoms with Gasteiger partial charge in [0.15, 0.2) is 0 Å². The molecule has 1 atom stereocenters. The lowest BCUT2D eigenvalue weighted by Gasteiger charge is -2.38. The lowest BCUT2D eigenvalue weighted by molar-refractivity contribution is -0.122. The normalized spacial score (nSPS) is 16.9. The number of nitrogens with one attached hydrogen (secondary N) is 1. The molecule has 4 heteroatoms. The average molecular weight is 366 g/mol. The van der Waals surface area contributed by atoms with Gasteiger partial charge in [-0.1, -0.05) is 49.4 Å². The van der Waals surface area contributed by atoms with E-state index in [1.54, 1.807) is 0 Å². The maximum absolute atomic E-state index is 13.3. The van der Waals surface area contributed by atoms with Gasteiger partial charge in [-0.2, -0.15) is 0 Å². The zero-order chi connectivity index (χ0) is 19.2. The van der Waals surface area contributed by atoms with E-state index in [-0.39, 0.29) is 11.9 Å². The number of nitrogens with zero attached hydrogens (tertiary/aromatic N) is 2. The first kappa shape index (κ1) is 19.6. The Morgan fingerprint density at radius 1 is 1.04 bits per heavy atom. The molecule has 1 amide bonds. The monoisotopic (exact) mass is 365 g/mol. The van der Waals surface area contributed by atoms with E-state index in [0.717, 1.165) is 55.1 Å². The maximum Gasteiger partial charge on any atom is 0.246 e. The highest BCUT2D eigenvalue weighted by Gasteiger charge is 2.30. The molecule has 1 fully saturated rings. The first-order valence-corrected chi connectivity index (χ1v) is 9.98. The third-order valence-corrected chi connectivity index (χ3v) is 5.33. The summed E-state index contributed by atoms with van der Waals surface area (Å²) in [5, 5.41) is 3.19. The van der Waals surface area contributed by atoms with Gasteiger partial charge in [0.25, 0.3) is 0 Å². The molecule has 0 aliphatic carbocycles. The summed E-state index contributed by atoms with van der Waals surface area (Å²) in [6.45, 7) is 11.3. The molecule has 0 aromatic heterocycles. The van der Waals surface area contributed by atoms with E-state index in [1.807, 2.05) is 25.1 Å². The van der Waals surface area contributed by atoms with Crippen LogP contribution in [0.3, 0.4) is 0 Å². The smallest absolute Gasteiger partial charge is 0.246 e. The van der Waals surface area contributed by atoms with Crippen molar-refractivity contribution in [3.63, 3.8) is 0 Å². The predicted octanol–water partition coefficient (Wildman–Crippen LogP) is 4.01. The third-order valence-electron chi connectivity index (χ3n) is 5.33. The molecule has 0 radical (unpaired) electrons. The molecular formula is C23H31N3O. The van der Waals surface area contributed by atoms with Gasteiger partial charge in [-0.15, -0.1) is 0 Å². The Balaban J connectivity index is 1.80. The number of rotatable bonds is 6. The van der Waals surface area contributed by atoms with Crippen molar-refractivity contribution in [1.29, 1.82) is 0 Å². The first-order valence-electron chi connectivity index (χ1n) is 9.98. The van der Waals surface area contributed by atoms with Crippen molar-refractivity contribution in [2.24, 2.45) is 0 Å². The zero-order valence-electron chi connectivity index (χ0n) is 16.7. The molecule has 1 N–H and O–H groups in total. The van der Waals surface area contributed by atoms with Crippen molar-refractivity contribution in [1.82, 2.24) is 9.80 Å². The van der Waals surface area contributed by atoms with Gasteiger partial charge in [0.05, 0.1) is 0 Å². The summed E-state index contributed by atoms with van der Waals surface area (Å²) < 4.78 is 0. The largest absolute Gasteiger partial charge is 0.324 e. The number of aryl methyl sites for hydroxylation is 2. The number of carbonyl (C=O) groups is 1. The Labute approximate surface area is 163 Å². The SMILES string of the molecule is CCCN1CCN(C(C(=O)Nc2cc(C)ccc2C)c2ccccc2)CC1. The predicted molar refractivity (Wildman–Crippen MR) is 112 cm³/mol. The highest BCUT2D eigenvalue weighted by Crippen LogP contribution is 2.25. The molecule has 0 saturated carbocycles. The number of hydrogen-bond donors (Lipinski definition) is 1. The zero-order valence-corrected chi connectivity index (χ0v) is 16.7. The van der Waals surface area contributed by atoms with Gasteiger partial charge in [0.1, 0.15) is 6.04 Å². The van der Waals surface area contributed by atoms with Gasteiger partial charge < -0.3 is 10.2 Å². The Morgan fingerprint density at radius 3 is 2.41 bits per heavy atom. The van der Waals surface area contributed by atoms with Crippen LogP contribution in [0, 0.1) is 13.8 Å². The molecule has 1 heterocycles. The summed E-state index contributed by atoms with van der Waals surface area (Å²) in [5.74, 6) is 0.0545. The molecular weight excluding hydrogens is 334 g/mol. The minimum atomic E-state index is -0.255. The number of anilines is 1. The topological polar surface area (TPSA) is 35.6 Å². The Hall–Kier alpha value is -2.17. The molecule has 1 aliphatic rings. The second-order valence-electron chi connectivity index (χ2n) is 7.50. The van der Waals surface area contributed by atoms with E-state index >= 15 is 0 Å². The molecule has 144 valence electrons. The fourth-order valence-electron chi connectivity index (χ4n) is 3.80. The van der Waals surface area contributed by atoms with Gasteiger partial charge in [-0.3, -0.25) is 9.69 Å². The Bertz CT molecular complexity index is 751. The van der Waals surface area contributed by atoms with Crippen LogP contribution in [0.4, 0.5) is 5.69 Å². The Morgan fingerprint density at radius 2 is 1.74 bits per heavy atom. The fraction of sp³-hybridized carbons (Fsp3) is 0.435.